The van der Waals surface area contributed by atoms with Crippen molar-refractivity contribution in [1.82, 2.24) is 5.32 Å². The molecule has 3 aliphatic carbocycles. The number of nitrogens with one attached hydrogen (secondary N) is 1. The van der Waals surface area contributed by atoms with Crippen LogP contribution in [-0.2, 0) is 4.79 Å². The molecule has 3 rings (SSSR count). The summed E-state index contributed by atoms with van der Waals surface area (Å²) in [6.45, 7) is 3.63. The maximum Gasteiger partial charge on any atom is 0.227 e. The van der Waals surface area contributed by atoms with Gasteiger partial charge in [-0.2, -0.15) is 0 Å². The molecule has 0 heterocycles. The van der Waals surface area contributed by atoms with E-state index in [1.165, 1.54) is 25.7 Å². The van der Waals surface area contributed by atoms with Crippen molar-refractivity contribution in [2.75, 3.05) is 13.1 Å². The molecular formula is C14H24N2O. The first kappa shape index (κ1) is 11.5. The second-order valence-corrected chi connectivity index (χ2v) is 6.82. The highest BCUT2D eigenvalue weighted by Gasteiger charge is 2.54. The standard InChI is InChI=1S/C14H24N2O/c1-10-6-14(7-10,8-15)12(17)16-9-13(4-5-13)11-2-3-11/h10-11H,2-9,15H2,1H3,(H,16,17). The van der Waals surface area contributed by atoms with E-state index in [0.29, 0.717) is 17.9 Å². The molecule has 0 spiro atoms. The molecule has 0 unspecified atom stereocenters. The summed E-state index contributed by atoms with van der Waals surface area (Å²) in [5.41, 5.74) is 6.08. The zero-order valence-corrected chi connectivity index (χ0v) is 10.8. The molecule has 0 saturated heterocycles. The van der Waals surface area contributed by atoms with Crippen LogP contribution in [0.25, 0.3) is 0 Å². The summed E-state index contributed by atoms with van der Waals surface area (Å²) in [6, 6.07) is 0. The van der Waals surface area contributed by atoms with Crippen molar-refractivity contribution in [3.63, 3.8) is 0 Å². The third-order valence-corrected chi connectivity index (χ3v) is 5.29. The predicted octanol–water partition coefficient (Wildman–Crippen LogP) is 1.67. The van der Waals surface area contributed by atoms with Crippen LogP contribution in [0.4, 0.5) is 0 Å². The molecule has 0 atom stereocenters. The smallest absolute Gasteiger partial charge is 0.227 e. The van der Waals surface area contributed by atoms with E-state index in [4.69, 9.17) is 5.73 Å². The average Bonchev–Trinajstić information content (AvgIpc) is 3.13. The normalized spacial score (nSPS) is 38.4. The minimum Gasteiger partial charge on any atom is -0.355 e. The van der Waals surface area contributed by atoms with Crippen LogP contribution in [0.15, 0.2) is 0 Å². The highest BCUT2D eigenvalue weighted by molar-refractivity contribution is 5.84. The van der Waals surface area contributed by atoms with Gasteiger partial charge in [-0.3, -0.25) is 4.79 Å². The van der Waals surface area contributed by atoms with Gasteiger partial charge in [-0.05, 0) is 55.8 Å². The summed E-state index contributed by atoms with van der Waals surface area (Å²) in [4.78, 5) is 12.3. The van der Waals surface area contributed by atoms with Gasteiger partial charge in [0.05, 0.1) is 5.41 Å². The molecule has 3 saturated carbocycles. The lowest BCUT2D eigenvalue weighted by Gasteiger charge is -2.44. The molecule has 3 aliphatic rings. The van der Waals surface area contributed by atoms with Gasteiger partial charge in [-0.1, -0.05) is 6.92 Å². The van der Waals surface area contributed by atoms with Gasteiger partial charge < -0.3 is 11.1 Å². The van der Waals surface area contributed by atoms with E-state index >= 15 is 0 Å². The fourth-order valence-electron chi connectivity index (χ4n) is 3.75. The van der Waals surface area contributed by atoms with Crippen molar-refractivity contribution in [1.29, 1.82) is 0 Å². The van der Waals surface area contributed by atoms with Gasteiger partial charge in [0.2, 0.25) is 5.91 Å². The van der Waals surface area contributed by atoms with E-state index in [1.54, 1.807) is 0 Å². The molecule has 3 fully saturated rings. The first-order valence-corrected chi connectivity index (χ1v) is 7.09. The molecule has 0 aromatic rings. The second kappa shape index (κ2) is 3.71. The van der Waals surface area contributed by atoms with Gasteiger partial charge in [0.25, 0.3) is 0 Å². The first-order valence-electron chi connectivity index (χ1n) is 7.09. The fraction of sp³-hybridized carbons (Fsp3) is 0.929. The van der Waals surface area contributed by atoms with Crippen molar-refractivity contribution in [3.05, 3.63) is 0 Å². The van der Waals surface area contributed by atoms with E-state index < -0.39 is 0 Å². The molecule has 3 heteroatoms. The lowest BCUT2D eigenvalue weighted by molar-refractivity contribution is -0.138. The molecule has 0 aromatic carbocycles. The van der Waals surface area contributed by atoms with Crippen molar-refractivity contribution in [2.24, 2.45) is 28.4 Å². The molecule has 0 aromatic heterocycles. The Morgan fingerprint density at radius 3 is 2.41 bits per heavy atom. The Kier molecular flexibility index (Phi) is 2.51. The molecule has 0 radical (unpaired) electrons. The van der Waals surface area contributed by atoms with Gasteiger partial charge in [-0.15, -0.1) is 0 Å². The highest BCUT2D eigenvalue weighted by atomic mass is 16.2. The Morgan fingerprint density at radius 2 is 2.00 bits per heavy atom. The lowest BCUT2D eigenvalue weighted by atomic mass is 9.62. The Bertz CT molecular complexity index is 325. The second-order valence-electron chi connectivity index (χ2n) is 6.82. The number of hydrogen-bond donors (Lipinski definition) is 2. The maximum absolute atomic E-state index is 12.3. The fourth-order valence-corrected chi connectivity index (χ4v) is 3.75. The number of nitrogens with two attached hydrogens (primary N) is 1. The zero-order valence-electron chi connectivity index (χ0n) is 10.8. The Labute approximate surface area is 104 Å². The van der Waals surface area contributed by atoms with Gasteiger partial charge in [0.1, 0.15) is 0 Å². The van der Waals surface area contributed by atoms with E-state index in [0.717, 1.165) is 25.3 Å². The van der Waals surface area contributed by atoms with E-state index in [9.17, 15) is 4.79 Å². The van der Waals surface area contributed by atoms with Crippen molar-refractivity contribution in [3.8, 4) is 0 Å². The van der Waals surface area contributed by atoms with Crippen LogP contribution in [0.1, 0.15) is 45.4 Å². The van der Waals surface area contributed by atoms with Gasteiger partial charge >= 0.3 is 0 Å². The van der Waals surface area contributed by atoms with Crippen LogP contribution in [0.3, 0.4) is 0 Å². The number of rotatable bonds is 5. The van der Waals surface area contributed by atoms with Crippen molar-refractivity contribution < 1.29 is 4.79 Å². The third-order valence-electron chi connectivity index (χ3n) is 5.29. The third kappa shape index (κ3) is 1.88. The quantitative estimate of drug-likeness (QED) is 0.763. The Balaban J connectivity index is 1.53. The average molecular weight is 236 g/mol. The largest absolute Gasteiger partial charge is 0.355 e. The van der Waals surface area contributed by atoms with Crippen molar-refractivity contribution >= 4 is 5.91 Å². The molecule has 3 N–H and O–H groups in total. The van der Waals surface area contributed by atoms with Crippen molar-refractivity contribution in [2.45, 2.75) is 45.4 Å². The highest BCUT2D eigenvalue weighted by Crippen LogP contribution is 2.61. The lowest BCUT2D eigenvalue weighted by Crippen LogP contribution is -2.54. The zero-order chi connectivity index (χ0) is 12.1. The Morgan fingerprint density at radius 1 is 1.35 bits per heavy atom. The number of amides is 1. The van der Waals surface area contributed by atoms with Gasteiger partial charge in [-0.25, -0.2) is 0 Å². The monoisotopic (exact) mass is 236 g/mol. The van der Waals surface area contributed by atoms with Crippen LogP contribution >= 0.6 is 0 Å². The summed E-state index contributed by atoms with van der Waals surface area (Å²) >= 11 is 0. The SMILES string of the molecule is CC1CC(CN)(C(=O)NCC2(C3CC3)CC2)C1. The number of carbonyl (C=O) groups is 1. The van der Waals surface area contributed by atoms with Crippen LogP contribution in [0.2, 0.25) is 0 Å². The first-order chi connectivity index (χ1) is 8.10. The van der Waals surface area contributed by atoms with E-state index in [2.05, 4.69) is 12.2 Å². The summed E-state index contributed by atoms with van der Waals surface area (Å²) in [6.07, 6.45) is 7.37. The van der Waals surface area contributed by atoms with E-state index in [1.807, 2.05) is 0 Å². The van der Waals surface area contributed by atoms with Gasteiger partial charge in [0, 0.05) is 13.1 Å². The van der Waals surface area contributed by atoms with Gasteiger partial charge in [0.15, 0.2) is 0 Å². The molecule has 0 aliphatic heterocycles. The molecule has 0 bridgehead atoms. The molecule has 3 nitrogen and oxygen atoms in total. The minimum atomic E-state index is -0.223. The van der Waals surface area contributed by atoms with Crippen LogP contribution in [-0.4, -0.2) is 19.0 Å². The maximum atomic E-state index is 12.3. The topological polar surface area (TPSA) is 55.1 Å². The van der Waals surface area contributed by atoms with Crippen LogP contribution < -0.4 is 11.1 Å². The summed E-state index contributed by atoms with van der Waals surface area (Å²) < 4.78 is 0. The predicted molar refractivity (Wildman–Crippen MR) is 67.3 cm³/mol. The molecule has 1 amide bonds. The Hall–Kier alpha value is -0.570. The molecule has 96 valence electrons. The molecule has 17 heavy (non-hydrogen) atoms. The molecular weight excluding hydrogens is 212 g/mol. The summed E-state index contributed by atoms with van der Waals surface area (Å²) in [7, 11) is 0. The number of hydrogen-bond acceptors (Lipinski definition) is 2. The van der Waals surface area contributed by atoms with Crippen LogP contribution in [0.5, 0.6) is 0 Å². The van der Waals surface area contributed by atoms with E-state index in [-0.39, 0.29) is 11.3 Å². The summed E-state index contributed by atoms with van der Waals surface area (Å²) in [5.74, 6) is 1.81. The number of carbonyl (C=O) groups excluding carboxylic acids is 1. The van der Waals surface area contributed by atoms with Crippen LogP contribution in [0, 0.1) is 22.7 Å². The minimum absolute atomic E-state index is 0.223. The summed E-state index contributed by atoms with van der Waals surface area (Å²) in [5, 5.41) is 3.20.